The van der Waals surface area contributed by atoms with Crippen LogP contribution < -0.4 is 10.6 Å². The third-order valence-electron chi connectivity index (χ3n) is 2.29. The summed E-state index contributed by atoms with van der Waals surface area (Å²) < 4.78 is 0. The van der Waals surface area contributed by atoms with Gasteiger partial charge in [0.25, 0.3) is 0 Å². The van der Waals surface area contributed by atoms with Gasteiger partial charge in [0, 0.05) is 5.69 Å². The van der Waals surface area contributed by atoms with Crippen LogP contribution >= 0.6 is 0 Å². The number of carboxylic acid groups (broad SMARTS) is 1. The molecule has 18 heavy (non-hydrogen) atoms. The van der Waals surface area contributed by atoms with Crippen molar-refractivity contribution in [1.82, 2.24) is 5.32 Å². The number of rotatable bonds is 6. The maximum absolute atomic E-state index is 11.6. The maximum Gasteiger partial charge on any atom is 0.321 e. The highest BCUT2D eigenvalue weighted by atomic mass is 16.4. The van der Waals surface area contributed by atoms with Gasteiger partial charge in [0.05, 0.1) is 6.42 Å². The third kappa shape index (κ3) is 4.42. The van der Waals surface area contributed by atoms with Crippen molar-refractivity contribution in [3.05, 3.63) is 24.3 Å². The molecule has 98 valence electrons. The first-order valence-corrected chi connectivity index (χ1v) is 5.58. The summed E-state index contributed by atoms with van der Waals surface area (Å²) in [5, 5.41) is 23.2. The van der Waals surface area contributed by atoms with Crippen LogP contribution in [0.3, 0.4) is 0 Å². The molecule has 0 radical (unpaired) electrons. The highest BCUT2D eigenvalue weighted by Gasteiger charge is 2.19. The Morgan fingerprint density at radius 3 is 2.39 bits per heavy atom. The van der Waals surface area contributed by atoms with Crippen LogP contribution in [0.4, 0.5) is 5.69 Å². The van der Waals surface area contributed by atoms with Crippen molar-refractivity contribution in [3.8, 4) is 5.75 Å². The number of benzene rings is 1. The highest BCUT2D eigenvalue weighted by Crippen LogP contribution is 2.14. The summed E-state index contributed by atoms with van der Waals surface area (Å²) in [5.41, 5.74) is 0.512. The zero-order valence-corrected chi connectivity index (χ0v) is 10.0. The van der Waals surface area contributed by atoms with Crippen molar-refractivity contribution in [2.75, 3.05) is 11.9 Å². The first-order chi connectivity index (χ1) is 8.52. The normalized spacial score (nSPS) is 11.8. The molecule has 1 rings (SSSR count). The van der Waals surface area contributed by atoms with Crippen molar-refractivity contribution < 1.29 is 19.8 Å². The molecular weight excluding hydrogens is 236 g/mol. The van der Waals surface area contributed by atoms with Gasteiger partial charge in [-0.3, -0.25) is 9.59 Å². The van der Waals surface area contributed by atoms with E-state index in [4.69, 9.17) is 10.2 Å². The lowest BCUT2D eigenvalue weighted by Gasteiger charge is -2.12. The van der Waals surface area contributed by atoms with Crippen LogP contribution in [0.1, 0.15) is 13.3 Å². The smallest absolute Gasteiger partial charge is 0.321 e. The molecule has 1 atom stereocenters. The molecular formula is C12H16N2O4. The highest BCUT2D eigenvalue weighted by molar-refractivity contribution is 5.94. The fraction of sp³-hybridized carbons (Fsp3) is 0.333. The SMILES string of the molecule is CCNC(CC(=O)Nc1ccc(O)cc1)C(=O)O. The van der Waals surface area contributed by atoms with Gasteiger partial charge in [0.15, 0.2) is 0 Å². The monoisotopic (exact) mass is 252 g/mol. The Bertz CT molecular complexity index is 417. The molecule has 6 nitrogen and oxygen atoms in total. The minimum Gasteiger partial charge on any atom is -0.508 e. The lowest BCUT2D eigenvalue weighted by molar-refractivity contribution is -0.141. The second-order valence-electron chi connectivity index (χ2n) is 3.75. The number of hydrogen-bond acceptors (Lipinski definition) is 4. The summed E-state index contributed by atoms with van der Waals surface area (Å²) in [6, 6.07) is 5.06. The van der Waals surface area contributed by atoms with Gasteiger partial charge in [-0.1, -0.05) is 6.92 Å². The van der Waals surface area contributed by atoms with E-state index in [1.807, 2.05) is 0 Å². The molecule has 0 saturated carbocycles. The average molecular weight is 252 g/mol. The van der Waals surface area contributed by atoms with Crippen LogP contribution in [0.15, 0.2) is 24.3 Å². The van der Waals surface area contributed by atoms with Crippen LogP contribution in [0, 0.1) is 0 Å². The summed E-state index contributed by atoms with van der Waals surface area (Å²) in [7, 11) is 0. The van der Waals surface area contributed by atoms with Gasteiger partial charge in [-0.05, 0) is 30.8 Å². The number of nitrogens with one attached hydrogen (secondary N) is 2. The molecule has 1 aromatic rings. The number of carbonyl (C=O) groups excluding carboxylic acids is 1. The van der Waals surface area contributed by atoms with Gasteiger partial charge in [0.1, 0.15) is 11.8 Å². The second kappa shape index (κ2) is 6.61. The lowest BCUT2D eigenvalue weighted by Crippen LogP contribution is -2.39. The lowest BCUT2D eigenvalue weighted by atomic mass is 10.2. The summed E-state index contributed by atoms with van der Waals surface area (Å²) in [6.07, 6.45) is -0.149. The molecule has 0 aromatic heterocycles. The van der Waals surface area contributed by atoms with Gasteiger partial charge in [-0.25, -0.2) is 0 Å². The zero-order valence-electron chi connectivity index (χ0n) is 10.0. The standard InChI is InChI=1S/C12H16N2O4/c1-2-13-10(12(17)18)7-11(16)14-8-3-5-9(15)6-4-8/h3-6,10,13,15H,2,7H2,1H3,(H,14,16)(H,17,18). The van der Waals surface area contributed by atoms with Crippen LogP contribution in [0.2, 0.25) is 0 Å². The van der Waals surface area contributed by atoms with Gasteiger partial charge >= 0.3 is 5.97 Å². The predicted molar refractivity (Wildman–Crippen MR) is 66.5 cm³/mol. The fourth-order valence-electron chi connectivity index (χ4n) is 1.44. The number of aromatic hydroxyl groups is 1. The zero-order chi connectivity index (χ0) is 13.5. The summed E-state index contributed by atoms with van der Waals surface area (Å²) in [5.74, 6) is -1.35. The summed E-state index contributed by atoms with van der Waals surface area (Å²) >= 11 is 0. The Labute approximate surface area is 105 Å². The largest absolute Gasteiger partial charge is 0.508 e. The average Bonchev–Trinajstić information content (AvgIpc) is 2.31. The van der Waals surface area contributed by atoms with E-state index in [1.54, 1.807) is 6.92 Å². The predicted octanol–water partition coefficient (Wildman–Crippen LogP) is 0.783. The van der Waals surface area contributed by atoms with E-state index in [0.29, 0.717) is 12.2 Å². The summed E-state index contributed by atoms with van der Waals surface area (Å²) in [6.45, 7) is 2.25. The van der Waals surface area contributed by atoms with Crippen LogP contribution in [0.25, 0.3) is 0 Å². The van der Waals surface area contributed by atoms with Gasteiger partial charge in [-0.2, -0.15) is 0 Å². The minimum absolute atomic E-state index is 0.101. The number of anilines is 1. The van der Waals surface area contributed by atoms with Crippen molar-refractivity contribution in [1.29, 1.82) is 0 Å². The van der Waals surface area contributed by atoms with Gasteiger partial charge in [-0.15, -0.1) is 0 Å². The number of phenols is 1. The number of amides is 1. The van der Waals surface area contributed by atoms with Crippen molar-refractivity contribution >= 4 is 17.6 Å². The van der Waals surface area contributed by atoms with Gasteiger partial charge < -0.3 is 20.8 Å². The molecule has 6 heteroatoms. The number of carbonyl (C=O) groups is 2. The molecule has 1 unspecified atom stereocenters. The Balaban J connectivity index is 2.54. The Morgan fingerprint density at radius 1 is 1.28 bits per heavy atom. The first kappa shape index (κ1) is 14.0. The van der Waals surface area contributed by atoms with E-state index in [9.17, 15) is 9.59 Å². The number of likely N-dealkylation sites (N-methyl/N-ethyl adjacent to an activating group) is 1. The quantitative estimate of drug-likeness (QED) is 0.561. The fourth-order valence-corrected chi connectivity index (χ4v) is 1.44. The molecule has 0 bridgehead atoms. The van der Waals surface area contributed by atoms with E-state index in [0.717, 1.165) is 0 Å². The topological polar surface area (TPSA) is 98.7 Å². The first-order valence-electron chi connectivity index (χ1n) is 5.58. The molecule has 0 heterocycles. The minimum atomic E-state index is -1.06. The molecule has 4 N–H and O–H groups in total. The van der Waals surface area contributed by atoms with Crippen molar-refractivity contribution in [2.24, 2.45) is 0 Å². The molecule has 0 spiro atoms. The number of aliphatic carboxylic acids is 1. The molecule has 0 aliphatic rings. The van der Waals surface area contributed by atoms with E-state index in [-0.39, 0.29) is 12.2 Å². The Kier molecular flexibility index (Phi) is 5.13. The van der Waals surface area contributed by atoms with Crippen LogP contribution in [-0.4, -0.2) is 34.7 Å². The maximum atomic E-state index is 11.6. The molecule has 0 aliphatic carbocycles. The number of carboxylic acids is 1. The Morgan fingerprint density at radius 2 is 1.89 bits per heavy atom. The number of phenolic OH excluding ortho intramolecular Hbond substituents is 1. The Hall–Kier alpha value is -2.08. The van der Waals surface area contributed by atoms with Crippen molar-refractivity contribution in [2.45, 2.75) is 19.4 Å². The summed E-state index contributed by atoms with van der Waals surface area (Å²) in [4.78, 5) is 22.5. The van der Waals surface area contributed by atoms with Crippen LogP contribution in [-0.2, 0) is 9.59 Å². The third-order valence-corrected chi connectivity index (χ3v) is 2.29. The van der Waals surface area contributed by atoms with E-state index in [1.165, 1.54) is 24.3 Å². The molecule has 0 fully saturated rings. The van der Waals surface area contributed by atoms with Gasteiger partial charge in [0.2, 0.25) is 5.91 Å². The second-order valence-corrected chi connectivity index (χ2v) is 3.75. The number of hydrogen-bond donors (Lipinski definition) is 4. The van der Waals surface area contributed by atoms with Crippen molar-refractivity contribution in [3.63, 3.8) is 0 Å². The van der Waals surface area contributed by atoms with E-state index >= 15 is 0 Å². The van der Waals surface area contributed by atoms with Crippen LogP contribution in [0.5, 0.6) is 5.75 Å². The molecule has 1 amide bonds. The molecule has 1 aromatic carbocycles. The van der Waals surface area contributed by atoms with E-state index < -0.39 is 17.9 Å². The van der Waals surface area contributed by atoms with E-state index in [2.05, 4.69) is 10.6 Å². The molecule has 0 saturated heterocycles. The molecule has 0 aliphatic heterocycles.